The topological polar surface area (TPSA) is 51.2 Å². The third kappa shape index (κ3) is 3.29. The molecule has 0 spiro atoms. The van der Waals surface area contributed by atoms with E-state index in [0.717, 1.165) is 24.3 Å². The summed E-state index contributed by atoms with van der Waals surface area (Å²) < 4.78 is 5.21. The van der Waals surface area contributed by atoms with Crippen molar-refractivity contribution >= 4 is 17.2 Å². The Bertz CT molecular complexity index is 411. The number of nitrogens with one attached hydrogen (secondary N) is 1. The molecule has 1 fully saturated rings. The largest absolute Gasteiger partial charge is 0.381 e. The Morgan fingerprint density at radius 2 is 2.44 bits per heavy atom. The Labute approximate surface area is 112 Å². The molecular weight excluding hydrogens is 248 g/mol. The van der Waals surface area contributed by atoms with Crippen molar-refractivity contribution in [2.75, 3.05) is 19.8 Å². The van der Waals surface area contributed by atoms with Gasteiger partial charge in [0, 0.05) is 24.4 Å². The summed E-state index contributed by atoms with van der Waals surface area (Å²) in [5.41, 5.74) is 1.19. The smallest absolute Gasteiger partial charge is 0.225 e. The fourth-order valence-electron chi connectivity index (χ4n) is 2.10. The van der Waals surface area contributed by atoms with E-state index in [1.165, 1.54) is 10.6 Å². The number of hydrogen-bond acceptors (Lipinski definition) is 4. The highest BCUT2D eigenvalue weighted by atomic mass is 32.1. The third-order valence-corrected chi connectivity index (χ3v) is 4.28. The third-order valence-electron chi connectivity index (χ3n) is 3.21. The zero-order valence-corrected chi connectivity index (χ0v) is 11.8. The molecule has 0 saturated carbocycles. The minimum atomic E-state index is 0.0502. The molecule has 1 aliphatic rings. The Balaban J connectivity index is 1.75. The van der Waals surface area contributed by atoms with Gasteiger partial charge >= 0.3 is 0 Å². The van der Waals surface area contributed by atoms with E-state index in [1.807, 2.05) is 0 Å². The maximum Gasteiger partial charge on any atom is 0.225 e. The van der Waals surface area contributed by atoms with Crippen LogP contribution in [0, 0.1) is 12.8 Å². The lowest BCUT2D eigenvalue weighted by Crippen LogP contribution is -2.32. The molecule has 0 aliphatic carbocycles. The first-order valence-electron chi connectivity index (χ1n) is 6.51. The van der Waals surface area contributed by atoms with Gasteiger partial charge in [-0.2, -0.15) is 0 Å². The molecule has 5 heteroatoms. The molecule has 1 amide bonds. The van der Waals surface area contributed by atoms with E-state index in [4.69, 9.17) is 4.74 Å². The number of rotatable bonds is 5. The van der Waals surface area contributed by atoms with Gasteiger partial charge in [-0.3, -0.25) is 4.79 Å². The number of carbonyl (C=O) groups is 1. The molecule has 0 bridgehead atoms. The lowest BCUT2D eigenvalue weighted by atomic mass is 10.1. The Morgan fingerprint density at radius 1 is 1.61 bits per heavy atom. The van der Waals surface area contributed by atoms with Crippen molar-refractivity contribution in [1.82, 2.24) is 10.3 Å². The molecule has 2 heterocycles. The Kier molecular flexibility index (Phi) is 4.72. The molecule has 1 saturated heterocycles. The Hall–Kier alpha value is -0.940. The van der Waals surface area contributed by atoms with E-state index in [0.29, 0.717) is 19.8 Å². The second-order valence-corrected chi connectivity index (χ2v) is 5.85. The molecule has 2 rings (SSSR count). The minimum absolute atomic E-state index is 0.0502. The predicted molar refractivity (Wildman–Crippen MR) is 71.9 cm³/mol. The molecule has 0 aromatic carbocycles. The molecular formula is C13H20N2O2S. The van der Waals surface area contributed by atoms with Gasteiger partial charge in [0.05, 0.1) is 23.2 Å². The SMILES string of the molecule is CCc1nc(CCNC(=O)[C@@H]2CCOC2)sc1C. The van der Waals surface area contributed by atoms with Crippen molar-refractivity contribution in [2.24, 2.45) is 5.92 Å². The monoisotopic (exact) mass is 268 g/mol. The highest BCUT2D eigenvalue weighted by molar-refractivity contribution is 7.11. The van der Waals surface area contributed by atoms with Crippen LogP contribution in [0.25, 0.3) is 0 Å². The number of aryl methyl sites for hydroxylation is 2. The van der Waals surface area contributed by atoms with Gasteiger partial charge in [0.1, 0.15) is 0 Å². The van der Waals surface area contributed by atoms with E-state index in [9.17, 15) is 4.79 Å². The normalized spacial score (nSPS) is 19.1. The van der Waals surface area contributed by atoms with Gasteiger partial charge in [-0.15, -0.1) is 11.3 Å². The molecule has 1 aliphatic heterocycles. The standard InChI is InChI=1S/C13H20N2O2S/c1-3-11-9(2)18-12(15-11)4-6-14-13(16)10-5-7-17-8-10/h10H,3-8H2,1-2H3,(H,14,16)/t10-/m1/s1. The molecule has 0 unspecified atom stereocenters. The number of aromatic nitrogens is 1. The van der Waals surface area contributed by atoms with E-state index in [1.54, 1.807) is 11.3 Å². The summed E-state index contributed by atoms with van der Waals surface area (Å²) in [4.78, 5) is 17.6. The first-order valence-corrected chi connectivity index (χ1v) is 7.33. The van der Waals surface area contributed by atoms with Crippen molar-refractivity contribution in [1.29, 1.82) is 0 Å². The number of amides is 1. The molecule has 100 valence electrons. The summed E-state index contributed by atoms with van der Waals surface area (Å²) in [7, 11) is 0. The van der Waals surface area contributed by atoms with Gasteiger partial charge < -0.3 is 10.1 Å². The fraction of sp³-hybridized carbons (Fsp3) is 0.692. The van der Waals surface area contributed by atoms with Gasteiger partial charge in [0.25, 0.3) is 0 Å². The van der Waals surface area contributed by atoms with E-state index >= 15 is 0 Å². The van der Waals surface area contributed by atoms with Crippen LogP contribution in [0.5, 0.6) is 0 Å². The summed E-state index contributed by atoms with van der Waals surface area (Å²) in [6.07, 6.45) is 2.65. The van der Waals surface area contributed by atoms with Crippen LogP contribution >= 0.6 is 11.3 Å². The Morgan fingerprint density at radius 3 is 3.06 bits per heavy atom. The van der Waals surface area contributed by atoms with Gasteiger partial charge in [0.2, 0.25) is 5.91 Å². The second-order valence-electron chi connectivity index (χ2n) is 4.57. The van der Waals surface area contributed by atoms with Crippen LogP contribution in [0.1, 0.15) is 28.9 Å². The quantitative estimate of drug-likeness (QED) is 0.884. The molecule has 4 nitrogen and oxygen atoms in total. The van der Waals surface area contributed by atoms with Crippen molar-refractivity contribution in [3.8, 4) is 0 Å². The van der Waals surface area contributed by atoms with Crippen LogP contribution in [0.2, 0.25) is 0 Å². The van der Waals surface area contributed by atoms with Gasteiger partial charge in [0.15, 0.2) is 0 Å². The van der Waals surface area contributed by atoms with Crippen molar-refractivity contribution in [3.63, 3.8) is 0 Å². The predicted octanol–water partition coefficient (Wildman–Crippen LogP) is 1.71. The number of thiazole rings is 1. The van der Waals surface area contributed by atoms with Crippen molar-refractivity contribution in [2.45, 2.75) is 33.1 Å². The highest BCUT2D eigenvalue weighted by Crippen LogP contribution is 2.18. The zero-order valence-electron chi connectivity index (χ0n) is 11.0. The van der Waals surface area contributed by atoms with Crippen LogP contribution in [0.4, 0.5) is 0 Å². The maximum atomic E-state index is 11.8. The van der Waals surface area contributed by atoms with E-state index < -0.39 is 0 Å². The molecule has 1 aromatic heterocycles. The van der Waals surface area contributed by atoms with Gasteiger partial charge in [-0.1, -0.05) is 6.92 Å². The maximum absolute atomic E-state index is 11.8. The summed E-state index contributed by atoms with van der Waals surface area (Å²) in [6.45, 7) is 6.18. The lowest BCUT2D eigenvalue weighted by Gasteiger charge is -2.07. The molecule has 18 heavy (non-hydrogen) atoms. The fourth-order valence-corrected chi connectivity index (χ4v) is 3.12. The summed E-state index contributed by atoms with van der Waals surface area (Å²) in [6, 6.07) is 0. The van der Waals surface area contributed by atoms with Gasteiger partial charge in [-0.05, 0) is 19.8 Å². The van der Waals surface area contributed by atoms with E-state index in [2.05, 4.69) is 24.1 Å². The van der Waals surface area contributed by atoms with Crippen LogP contribution < -0.4 is 5.32 Å². The first kappa shape index (κ1) is 13.5. The first-order chi connectivity index (χ1) is 8.70. The van der Waals surface area contributed by atoms with Gasteiger partial charge in [-0.25, -0.2) is 4.98 Å². The van der Waals surface area contributed by atoms with Crippen molar-refractivity contribution < 1.29 is 9.53 Å². The number of carbonyl (C=O) groups excluding carboxylic acids is 1. The van der Waals surface area contributed by atoms with Crippen molar-refractivity contribution in [3.05, 3.63) is 15.6 Å². The average Bonchev–Trinajstić information content (AvgIpc) is 2.98. The zero-order chi connectivity index (χ0) is 13.0. The average molecular weight is 268 g/mol. The van der Waals surface area contributed by atoms with Crippen LogP contribution in [0.15, 0.2) is 0 Å². The number of hydrogen-bond donors (Lipinski definition) is 1. The van der Waals surface area contributed by atoms with Crippen LogP contribution in [0.3, 0.4) is 0 Å². The summed E-state index contributed by atoms with van der Waals surface area (Å²) >= 11 is 1.74. The van der Waals surface area contributed by atoms with Crippen LogP contribution in [-0.4, -0.2) is 30.6 Å². The minimum Gasteiger partial charge on any atom is -0.381 e. The van der Waals surface area contributed by atoms with E-state index in [-0.39, 0.29) is 11.8 Å². The highest BCUT2D eigenvalue weighted by Gasteiger charge is 2.22. The number of nitrogens with zero attached hydrogens (tertiary/aromatic N) is 1. The summed E-state index contributed by atoms with van der Waals surface area (Å²) in [5.74, 6) is 0.172. The molecule has 0 radical (unpaired) electrons. The molecule has 1 atom stereocenters. The summed E-state index contributed by atoms with van der Waals surface area (Å²) in [5, 5.41) is 4.09. The molecule has 1 N–H and O–H groups in total. The second kappa shape index (κ2) is 6.29. The number of ether oxygens (including phenoxy) is 1. The molecule has 1 aromatic rings. The van der Waals surface area contributed by atoms with Crippen LogP contribution in [-0.2, 0) is 22.4 Å². The lowest BCUT2D eigenvalue weighted by molar-refractivity contribution is -0.124.